The van der Waals surface area contributed by atoms with E-state index in [0.29, 0.717) is 18.9 Å². The molecule has 1 aromatic heterocycles. The summed E-state index contributed by atoms with van der Waals surface area (Å²) in [7, 11) is 1.88. The van der Waals surface area contributed by atoms with Crippen LogP contribution >= 0.6 is 0 Å². The smallest absolute Gasteiger partial charge is 0.233 e. The van der Waals surface area contributed by atoms with E-state index < -0.39 is 0 Å². The van der Waals surface area contributed by atoms with E-state index in [4.69, 9.17) is 11.2 Å². The standard InChI is InChI=1S/C9H12N2O/c1-4-5-6-12-9-7-8(2)11(3)10-9/h1,7H,5-6H2,2-3H3. The number of terminal acetylenes is 1. The molecule has 1 aromatic rings. The topological polar surface area (TPSA) is 27.1 Å². The van der Waals surface area contributed by atoms with Crippen molar-refractivity contribution >= 4 is 0 Å². The van der Waals surface area contributed by atoms with Gasteiger partial charge in [0.05, 0.1) is 0 Å². The Morgan fingerprint density at radius 1 is 1.75 bits per heavy atom. The van der Waals surface area contributed by atoms with Crippen LogP contribution in [0.5, 0.6) is 5.88 Å². The van der Waals surface area contributed by atoms with E-state index in [1.807, 2.05) is 20.0 Å². The van der Waals surface area contributed by atoms with Gasteiger partial charge in [-0.2, -0.15) is 0 Å². The normalized spacial score (nSPS) is 9.42. The fourth-order valence-electron chi connectivity index (χ4n) is 0.813. The van der Waals surface area contributed by atoms with Crippen molar-refractivity contribution in [2.24, 2.45) is 7.05 Å². The molecule has 1 rings (SSSR count). The summed E-state index contributed by atoms with van der Waals surface area (Å²) in [6, 6.07) is 1.89. The molecular weight excluding hydrogens is 152 g/mol. The molecule has 0 amide bonds. The van der Waals surface area contributed by atoms with Crippen molar-refractivity contribution in [3.05, 3.63) is 11.8 Å². The number of aromatic nitrogens is 2. The molecular formula is C9H12N2O. The van der Waals surface area contributed by atoms with Gasteiger partial charge >= 0.3 is 0 Å². The van der Waals surface area contributed by atoms with E-state index in [-0.39, 0.29) is 0 Å². The van der Waals surface area contributed by atoms with E-state index >= 15 is 0 Å². The third kappa shape index (κ3) is 2.03. The fourth-order valence-corrected chi connectivity index (χ4v) is 0.813. The molecule has 0 unspecified atom stereocenters. The highest BCUT2D eigenvalue weighted by molar-refractivity contribution is 5.13. The first kappa shape index (κ1) is 8.66. The molecule has 0 aliphatic rings. The molecule has 0 saturated carbocycles. The first-order valence-corrected chi connectivity index (χ1v) is 3.81. The second-order valence-electron chi connectivity index (χ2n) is 2.55. The predicted octanol–water partition coefficient (Wildman–Crippen LogP) is 1.13. The van der Waals surface area contributed by atoms with Crippen molar-refractivity contribution in [1.82, 2.24) is 9.78 Å². The van der Waals surface area contributed by atoms with Crippen LogP contribution in [0.2, 0.25) is 0 Å². The van der Waals surface area contributed by atoms with E-state index in [0.717, 1.165) is 5.69 Å². The van der Waals surface area contributed by atoms with Crippen LogP contribution in [0.15, 0.2) is 6.07 Å². The van der Waals surface area contributed by atoms with E-state index in [9.17, 15) is 0 Å². The minimum atomic E-state index is 0.535. The Bertz CT molecular complexity index is 276. The number of hydrogen-bond acceptors (Lipinski definition) is 2. The van der Waals surface area contributed by atoms with Gasteiger partial charge in [-0.1, -0.05) is 0 Å². The quantitative estimate of drug-likeness (QED) is 0.494. The summed E-state index contributed by atoms with van der Waals surface area (Å²) in [5.41, 5.74) is 1.07. The molecule has 64 valence electrons. The Balaban J connectivity index is 2.48. The number of aryl methyl sites for hydroxylation is 2. The van der Waals surface area contributed by atoms with Crippen LogP contribution < -0.4 is 4.74 Å². The molecule has 3 heteroatoms. The lowest BCUT2D eigenvalue weighted by atomic mass is 10.5. The van der Waals surface area contributed by atoms with Gasteiger partial charge in [0.25, 0.3) is 0 Å². The average Bonchev–Trinajstić information content (AvgIpc) is 2.32. The van der Waals surface area contributed by atoms with Crippen LogP contribution in [0.1, 0.15) is 12.1 Å². The van der Waals surface area contributed by atoms with Gasteiger partial charge in [-0.05, 0) is 6.92 Å². The third-order valence-corrected chi connectivity index (χ3v) is 1.59. The molecule has 0 N–H and O–H groups in total. The highest BCUT2D eigenvalue weighted by atomic mass is 16.5. The molecule has 0 aliphatic heterocycles. The SMILES string of the molecule is C#CCCOc1cc(C)n(C)n1. The van der Waals surface area contributed by atoms with Crippen LogP contribution in [-0.2, 0) is 7.05 Å². The highest BCUT2D eigenvalue weighted by Gasteiger charge is 1.99. The van der Waals surface area contributed by atoms with Crippen LogP contribution in [0.25, 0.3) is 0 Å². The summed E-state index contributed by atoms with van der Waals surface area (Å²) < 4.78 is 7.04. The van der Waals surface area contributed by atoms with Gasteiger partial charge in [-0.3, -0.25) is 4.68 Å². The third-order valence-electron chi connectivity index (χ3n) is 1.59. The van der Waals surface area contributed by atoms with Crippen LogP contribution in [0.3, 0.4) is 0 Å². The van der Waals surface area contributed by atoms with Crippen molar-refractivity contribution in [2.75, 3.05) is 6.61 Å². The summed E-state index contributed by atoms with van der Waals surface area (Å²) in [5, 5.41) is 4.11. The fraction of sp³-hybridized carbons (Fsp3) is 0.444. The first-order chi connectivity index (χ1) is 5.74. The van der Waals surface area contributed by atoms with E-state index in [2.05, 4.69) is 11.0 Å². The van der Waals surface area contributed by atoms with Gasteiger partial charge in [0.2, 0.25) is 5.88 Å². The molecule has 0 aromatic carbocycles. The molecule has 0 fully saturated rings. The second-order valence-corrected chi connectivity index (χ2v) is 2.55. The minimum absolute atomic E-state index is 0.535. The number of ether oxygens (including phenoxy) is 1. The Kier molecular flexibility index (Phi) is 2.76. The van der Waals surface area contributed by atoms with E-state index in [1.54, 1.807) is 4.68 Å². The van der Waals surface area contributed by atoms with Crippen molar-refractivity contribution < 1.29 is 4.74 Å². The lowest BCUT2D eigenvalue weighted by molar-refractivity contribution is 0.311. The number of rotatable bonds is 3. The maximum absolute atomic E-state index is 5.27. The monoisotopic (exact) mass is 164 g/mol. The van der Waals surface area contributed by atoms with Crippen LogP contribution in [0.4, 0.5) is 0 Å². The molecule has 1 heterocycles. The number of nitrogens with zero attached hydrogens (tertiary/aromatic N) is 2. The van der Waals surface area contributed by atoms with Crippen LogP contribution in [0, 0.1) is 19.3 Å². The molecule has 0 aliphatic carbocycles. The van der Waals surface area contributed by atoms with Gasteiger partial charge in [-0.25, -0.2) is 0 Å². The predicted molar refractivity (Wildman–Crippen MR) is 46.9 cm³/mol. The van der Waals surface area contributed by atoms with Crippen molar-refractivity contribution in [2.45, 2.75) is 13.3 Å². The minimum Gasteiger partial charge on any atom is -0.476 e. The summed E-state index contributed by atoms with van der Waals surface area (Å²) >= 11 is 0. The summed E-state index contributed by atoms with van der Waals surface area (Å²) in [6.45, 7) is 2.51. The van der Waals surface area contributed by atoms with Gasteiger partial charge in [0.1, 0.15) is 6.61 Å². The summed E-state index contributed by atoms with van der Waals surface area (Å²) in [5.74, 6) is 3.14. The van der Waals surface area contributed by atoms with E-state index in [1.165, 1.54) is 0 Å². The van der Waals surface area contributed by atoms with Gasteiger partial charge in [0, 0.05) is 25.2 Å². The van der Waals surface area contributed by atoms with Crippen molar-refractivity contribution in [1.29, 1.82) is 0 Å². The number of hydrogen-bond donors (Lipinski definition) is 0. The maximum Gasteiger partial charge on any atom is 0.233 e. The van der Waals surface area contributed by atoms with Crippen molar-refractivity contribution in [3.63, 3.8) is 0 Å². The Morgan fingerprint density at radius 2 is 2.50 bits per heavy atom. The molecule has 12 heavy (non-hydrogen) atoms. The van der Waals surface area contributed by atoms with Crippen molar-refractivity contribution in [3.8, 4) is 18.2 Å². The Labute approximate surface area is 72.3 Å². The molecule has 0 saturated heterocycles. The summed E-state index contributed by atoms with van der Waals surface area (Å²) in [6.07, 6.45) is 5.69. The molecule has 0 bridgehead atoms. The zero-order valence-electron chi connectivity index (χ0n) is 7.37. The van der Waals surface area contributed by atoms with Crippen LogP contribution in [-0.4, -0.2) is 16.4 Å². The molecule has 0 spiro atoms. The Morgan fingerprint density at radius 3 is 3.00 bits per heavy atom. The van der Waals surface area contributed by atoms with Gasteiger partial charge < -0.3 is 4.74 Å². The average molecular weight is 164 g/mol. The molecule has 0 radical (unpaired) electrons. The lowest BCUT2D eigenvalue weighted by Gasteiger charge is -1.96. The zero-order valence-corrected chi connectivity index (χ0v) is 7.37. The second kappa shape index (κ2) is 3.82. The summed E-state index contributed by atoms with van der Waals surface area (Å²) in [4.78, 5) is 0. The highest BCUT2D eigenvalue weighted by Crippen LogP contribution is 2.09. The zero-order chi connectivity index (χ0) is 8.97. The van der Waals surface area contributed by atoms with Gasteiger partial charge in [0.15, 0.2) is 0 Å². The van der Waals surface area contributed by atoms with Gasteiger partial charge in [-0.15, -0.1) is 17.4 Å². The molecule has 0 atom stereocenters. The Hall–Kier alpha value is -1.43. The largest absolute Gasteiger partial charge is 0.476 e. The first-order valence-electron chi connectivity index (χ1n) is 3.81. The lowest BCUT2D eigenvalue weighted by Crippen LogP contribution is -1.97. The maximum atomic E-state index is 5.27. The molecule has 3 nitrogen and oxygen atoms in total.